The van der Waals surface area contributed by atoms with Crippen LogP contribution in [0, 0.1) is 6.92 Å². The number of aryl methyl sites for hydroxylation is 2. The third kappa shape index (κ3) is 5.36. The van der Waals surface area contributed by atoms with E-state index < -0.39 is 0 Å². The summed E-state index contributed by atoms with van der Waals surface area (Å²) in [5.74, 6) is 0.481. The van der Waals surface area contributed by atoms with E-state index in [4.69, 9.17) is 16.3 Å². The summed E-state index contributed by atoms with van der Waals surface area (Å²) >= 11 is 6.56. The molecule has 8 nitrogen and oxygen atoms in total. The highest BCUT2D eigenvalue weighted by atomic mass is 35.5. The number of benzene rings is 3. The molecule has 0 radical (unpaired) electrons. The molecular formula is C33H29ClN6O2. The van der Waals surface area contributed by atoms with E-state index in [0.717, 1.165) is 57.6 Å². The van der Waals surface area contributed by atoms with E-state index in [0.29, 0.717) is 10.6 Å². The fourth-order valence-corrected chi connectivity index (χ4v) is 5.61. The number of carbonyl (C=O) groups excluding carboxylic acids is 1. The second-order valence-corrected chi connectivity index (χ2v) is 10.4. The Morgan fingerprint density at radius 1 is 0.976 bits per heavy atom. The molecule has 210 valence electrons. The number of carbonyl (C=O) groups is 1. The Bertz CT molecular complexity index is 1870. The number of amides is 1. The first-order chi connectivity index (χ1) is 20.5. The predicted molar refractivity (Wildman–Crippen MR) is 164 cm³/mol. The highest BCUT2D eigenvalue weighted by Crippen LogP contribution is 2.40. The Morgan fingerprint density at radius 2 is 1.79 bits per heavy atom. The van der Waals surface area contributed by atoms with E-state index in [1.54, 1.807) is 42.7 Å². The number of hydrogen-bond donors (Lipinski definition) is 1. The predicted octanol–water partition coefficient (Wildman–Crippen LogP) is 6.43. The van der Waals surface area contributed by atoms with Gasteiger partial charge in [0.25, 0.3) is 5.91 Å². The van der Waals surface area contributed by atoms with E-state index in [9.17, 15) is 4.79 Å². The SMILES string of the molecule is COc1ccncc1-c1c(CCc2ccccc2)n(CNC(=O)c2ccc(-n3cnnc3)cc2Cl)c2ccc(C)cc12. The lowest BCUT2D eigenvalue weighted by molar-refractivity contribution is 0.0942. The molecule has 0 aliphatic carbocycles. The molecule has 0 spiro atoms. The molecule has 1 amide bonds. The Hall–Kier alpha value is -4.95. The standard InChI is InChI=1S/C33H29ClN6O2/c1-22-8-12-29-26(16-22)32(27-18-35-15-14-31(27)42-2)30(13-9-23-6-4-3-5-7-23)40(29)19-36-33(41)25-11-10-24(17-28(25)34)39-20-37-38-21-39/h3-8,10-12,14-18,20-21H,9,13,19H2,1-2H3,(H,36,41). The van der Waals surface area contributed by atoms with Gasteiger partial charge in [-0.2, -0.15) is 0 Å². The summed E-state index contributed by atoms with van der Waals surface area (Å²) in [6, 6.07) is 23.9. The van der Waals surface area contributed by atoms with Crippen LogP contribution in [-0.2, 0) is 19.5 Å². The van der Waals surface area contributed by atoms with Gasteiger partial charge in [-0.3, -0.25) is 14.3 Å². The van der Waals surface area contributed by atoms with Gasteiger partial charge in [-0.15, -0.1) is 10.2 Å². The zero-order chi connectivity index (χ0) is 29.1. The summed E-state index contributed by atoms with van der Waals surface area (Å²) in [6.07, 6.45) is 8.31. The van der Waals surface area contributed by atoms with Crippen LogP contribution >= 0.6 is 11.6 Å². The Labute approximate surface area is 248 Å². The van der Waals surface area contributed by atoms with Gasteiger partial charge >= 0.3 is 0 Å². The molecule has 0 fully saturated rings. The first-order valence-electron chi connectivity index (χ1n) is 13.6. The summed E-state index contributed by atoms with van der Waals surface area (Å²) in [7, 11) is 1.67. The van der Waals surface area contributed by atoms with Gasteiger partial charge in [-0.1, -0.05) is 53.6 Å². The van der Waals surface area contributed by atoms with E-state index in [1.807, 2.05) is 24.4 Å². The highest BCUT2D eigenvalue weighted by molar-refractivity contribution is 6.34. The number of nitrogens with zero attached hydrogens (tertiary/aromatic N) is 5. The molecule has 0 saturated heterocycles. The van der Waals surface area contributed by atoms with Crippen LogP contribution in [0.4, 0.5) is 0 Å². The molecule has 0 atom stereocenters. The van der Waals surface area contributed by atoms with Crippen LogP contribution in [0.1, 0.15) is 27.2 Å². The monoisotopic (exact) mass is 576 g/mol. The lowest BCUT2D eigenvalue weighted by Crippen LogP contribution is -2.27. The van der Waals surface area contributed by atoms with Crippen molar-refractivity contribution < 1.29 is 9.53 Å². The third-order valence-electron chi connectivity index (χ3n) is 7.40. The van der Waals surface area contributed by atoms with Crippen molar-refractivity contribution in [1.82, 2.24) is 29.6 Å². The van der Waals surface area contributed by atoms with E-state index >= 15 is 0 Å². The lowest BCUT2D eigenvalue weighted by atomic mass is 9.98. The maximum Gasteiger partial charge on any atom is 0.254 e. The van der Waals surface area contributed by atoms with Crippen LogP contribution in [-0.4, -0.2) is 37.3 Å². The zero-order valence-corrected chi connectivity index (χ0v) is 24.0. The van der Waals surface area contributed by atoms with Crippen molar-refractivity contribution in [2.24, 2.45) is 0 Å². The molecule has 6 rings (SSSR count). The average Bonchev–Trinajstić information content (AvgIpc) is 3.66. The first kappa shape index (κ1) is 27.2. The fraction of sp³-hybridized carbons (Fsp3) is 0.152. The van der Waals surface area contributed by atoms with Crippen molar-refractivity contribution in [1.29, 1.82) is 0 Å². The van der Waals surface area contributed by atoms with E-state index in [-0.39, 0.29) is 12.6 Å². The number of fused-ring (bicyclic) bond motifs is 1. The van der Waals surface area contributed by atoms with Crippen LogP contribution in [0.25, 0.3) is 27.7 Å². The van der Waals surface area contributed by atoms with Crippen LogP contribution < -0.4 is 10.1 Å². The number of halogens is 1. The van der Waals surface area contributed by atoms with Gasteiger partial charge in [0.1, 0.15) is 18.4 Å². The van der Waals surface area contributed by atoms with Crippen molar-refractivity contribution in [3.8, 4) is 22.6 Å². The number of methoxy groups -OCH3 is 1. The first-order valence-corrected chi connectivity index (χ1v) is 14.0. The van der Waals surface area contributed by atoms with Crippen LogP contribution in [0.15, 0.2) is 97.8 Å². The van der Waals surface area contributed by atoms with Crippen molar-refractivity contribution in [3.05, 3.63) is 125 Å². The molecule has 9 heteroatoms. The number of ether oxygens (including phenoxy) is 1. The van der Waals surface area contributed by atoms with Gasteiger partial charge in [0.15, 0.2) is 0 Å². The number of nitrogens with one attached hydrogen (secondary N) is 1. The van der Waals surface area contributed by atoms with E-state index in [1.165, 1.54) is 5.56 Å². The number of aromatic nitrogens is 5. The van der Waals surface area contributed by atoms with Crippen molar-refractivity contribution in [2.45, 2.75) is 26.4 Å². The number of pyridine rings is 1. The van der Waals surface area contributed by atoms with E-state index in [2.05, 4.69) is 74.5 Å². The largest absolute Gasteiger partial charge is 0.496 e. The minimum absolute atomic E-state index is 0.259. The molecule has 3 aromatic heterocycles. The maximum absolute atomic E-state index is 13.4. The molecule has 0 aliphatic rings. The van der Waals surface area contributed by atoms with Gasteiger partial charge in [0, 0.05) is 40.3 Å². The summed E-state index contributed by atoms with van der Waals surface area (Å²) in [5, 5.41) is 12.2. The maximum atomic E-state index is 13.4. The molecule has 42 heavy (non-hydrogen) atoms. The van der Waals surface area contributed by atoms with Crippen molar-refractivity contribution >= 4 is 28.4 Å². The topological polar surface area (TPSA) is 86.9 Å². The molecule has 0 unspecified atom stereocenters. The van der Waals surface area contributed by atoms with Crippen LogP contribution in [0.3, 0.4) is 0 Å². The lowest BCUT2D eigenvalue weighted by Gasteiger charge is -2.15. The molecular weight excluding hydrogens is 548 g/mol. The van der Waals surface area contributed by atoms with Crippen molar-refractivity contribution in [3.63, 3.8) is 0 Å². The molecule has 0 aliphatic heterocycles. The second-order valence-electron chi connectivity index (χ2n) is 10.0. The molecule has 0 bridgehead atoms. The van der Waals surface area contributed by atoms with Crippen LogP contribution in [0.5, 0.6) is 5.75 Å². The minimum atomic E-state index is -0.265. The van der Waals surface area contributed by atoms with Gasteiger partial charge < -0.3 is 14.6 Å². The third-order valence-corrected chi connectivity index (χ3v) is 7.71. The summed E-state index contributed by atoms with van der Waals surface area (Å²) < 4.78 is 9.68. The van der Waals surface area contributed by atoms with Gasteiger partial charge in [0.05, 0.1) is 29.9 Å². The Kier molecular flexibility index (Phi) is 7.70. The van der Waals surface area contributed by atoms with Gasteiger partial charge in [0.2, 0.25) is 0 Å². The minimum Gasteiger partial charge on any atom is -0.496 e. The smallest absolute Gasteiger partial charge is 0.254 e. The number of hydrogen-bond acceptors (Lipinski definition) is 5. The van der Waals surface area contributed by atoms with Crippen LogP contribution in [0.2, 0.25) is 5.02 Å². The molecule has 3 heterocycles. The Morgan fingerprint density at radius 3 is 2.55 bits per heavy atom. The molecule has 3 aromatic carbocycles. The Balaban J connectivity index is 1.40. The zero-order valence-electron chi connectivity index (χ0n) is 23.3. The number of rotatable bonds is 9. The van der Waals surface area contributed by atoms with Gasteiger partial charge in [-0.05, 0) is 61.7 Å². The summed E-state index contributed by atoms with van der Waals surface area (Å²) in [4.78, 5) is 17.9. The summed E-state index contributed by atoms with van der Waals surface area (Å²) in [6.45, 7) is 2.34. The van der Waals surface area contributed by atoms with Gasteiger partial charge in [-0.25, -0.2) is 0 Å². The van der Waals surface area contributed by atoms with Crippen molar-refractivity contribution in [2.75, 3.05) is 7.11 Å². The molecule has 0 saturated carbocycles. The summed E-state index contributed by atoms with van der Waals surface area (Å²) in [5.41, 5.74) is 7.60. The quantitative estimate of drug-likeness (QED) is 0.214. The molecule has 1 N–H and O–H groups in total. The molecule has 6 aromatic rings. The highest BCUT2D eigenvalue weighted by Gasteiger charge is 2.22. The average molecular weight is 577 g/mol. The fourth-order valence-electron chi connectivity index (χ4n) is 5.35. The second kappa shape index (κ2) is 11.9. The normalized spacial score (nSPS) is 11.1.